The predicted octanol–water partition coefficient (Wildman–Crippen LogP) is 2.77. The standard InChI is InChI=1S/C15H20N2OS/c1-3-15(18)16-13-8-10-17(11-9-13)19-14-6-4-12(2)5-7-14/h3-7,13H,1,8-11H2,2H3,(H,16,18). The third kappa shape index (κ3) is 4.40. The Kier molecular flexibility index (Phi) is 5.05. The summed E-state index contributed by atoms with van der Waals surface area (Å²) >= 11 is 1.80. The van der Waals surface area contributed by atoms with Gasteiger partial charge < -0.3 is 5.32 Å². The van der Waals surface area contributed by atoms with Gasteiger partial charge in [-0.25, -0.2) is 4.31 Å². The summed E-state index contributed by atoms with van der Waals surface area (Å²) in [5, 5.41) is 2.97. The van der Waals surface area contributed by atoms with E-state index >= 15 is 0 Å². The predicted molar refractivity (Wildman–Crippen MR) is 80.0 cm³/mol. The summed E-state index contributed by atoms with van der Waals surface area (Å²) in [7, 11) is 0. The van der Waals surface area contributed by atoms with Crippen molar-refractivity contribution < 1.29 is 4.79 Å². The van der Waals surface area contributed by atoms with Crippen LogP contribution in [-0.2, 0) is 4.79 Å². The molecule has 3 nitrogen and oxygen atoms in total. The van der Waals surface area contributed by atoms with Crippen LogP contribution >= 0.6 is 11.9 Å². The molecule has 102 valence electrons. The molecule has 2 rings (SSSR count). The Labute approximate surface area is 119 Å². The fraction of sp³-hybridized carbons (Fsp3) is 0.400. The van der Waals surface area contributed by atoms with Gasteiger partial charge in [0.05, 0.1) is 0 Å². The van der Waals surface area contributed by atoms with Gasteiger partial charge in [-0.1, -0.05) is 24.3 Å². The third-order valence-electron chi connectivity index (χ3n) is 3.24. The number of aryl methyl sites for hydroxylation is 1. The van der Waals surface area contributed by atoms with Crippen LogP contribution in [0.15, 0.2) is 41.8 Å². The second-order valence-electron chi connectivity index (χ2n) is 4.82. The van der Waals surface area contributed by atoms with E-state index in [1.54, 1.807) is 11.9 Å². The van der Waals surface area contributed by atoms with E-state index < -0.39 is 0 Å². The van der Waals surface area contributed by atoms with Crippen molar-refractivity contribution in [3.8, 4) is 0 Å². The van der Waals surface area contributed by atoms with Gasteiger partial charge in [0.15, 0.2) is 0 Å². The molecule has 1 N–H and O–H groups in total. The summed E-state index contributed by atoms with van der Waals surface area (Å²) in [4.78, 5) is 12.5. The summed E-state index contributed by atoms with van der Waals surface area (Å²) in [6, 6.07) is 8.89. The van der Waals surface area contributed by atoms with E-state index in [1.165, 1.54) is 16.5 Å². The van der Waals surface area contributed by atoms with Crippen molar-refractivity contribution >= 4 is 17.9 Å². The fourth-order valence-electron chi connectivity index (χ4n) is 2.10. The minimum atomic E-state index is -0.0652. The van der Waals surface area contributed by atoms with Crippen molar-refractivity contribution in [1.82, 2.24) is 9.62 Å². The largest absolute Gasteiger partial charge is 0.350 e. The number of carbonyl (C=O) groups excluding carboxylic acids is 1. The van der Waals surface area contributed by atoms with Crippen LogP contribution in [0.3, 0.4) is 0 Å². The first-order valence-electron chi connectivity index (χ1n) is 6.60. The molecule has 19 heavy (non-hydrogen) atoms. The Balaban J connectivity index is 1.78. The normalized spacial score (nSPS) is 17.1. The van der Waals surface area contributed by atoms with Crippen LogP contribution in [-0.4, -0.2) is 29.3 Å². The molecule has 0 aromatic heterocycles. The van der Waals surface area contributed by atoms with Gasteiger partial charge in [-0.3, -0.25) is 4.79 Å². The molecule has 1 fully saturated rings. The second-order valence-corrected chi connectivity index (χ2v) is 5.99. The highest BCUT2D eigenvalue weighted by Crippen LogP contribution is 2.26. The van der Waals surface area contributed by atoms with Gasteiger partial charge in [0, 0.05) is 24.0 Å². The highest BCUT2D eigenvalue weighted by Gasteiger charge is 2.20. The van der Waals surface area contributed by atoms with Crippen LogP contribution in [0.1, 0.15) is 18.4 Å². The van der Waals surface area contributed by atoms with Gasteiger partial charge in [-0.15, -0.1) is 0 Å². The topological polar surface area (TPSA) is 32.3 Å². The lowest BCUT2D eigenvalue weighted by atomic mass is 10.1. The van der Waals surface area contributed by atoms with E-state index in [9.17, 15) is 4.79 Å². The fourth-order valence-corrected chi connectivity index (χ4v) is 3.05. The number of nitrogens with zero attached hydrogens (tertiary/aromatic N) is 1. The molecule has 4 heteroatoms. The smallest absolute Gasteiger partial charge is 0.243 e. The summed E-state index contributed by atoms with van der Waals surface area (Å²) < 4.78 is 2.36. The summed E-state index contributed by atoms with van der Waals surface area (Å²) in [6.45, 7) is 7.58. The third-order valence-corrected chi connectivity index (χ3v) is 4.35. The molecule has 0 bridgehead atoms. The molecule has 1 aromatic carbocycles. The molecule has 1 heterocycles. The Bertz CT molecular complexity index is 436. The van der Waals surface area contributed by atoms with Crippen molar-refractivity contribution in [3.63, 3.8) is 0 Å². The van der Waals surface area contributed by atoms with Gasteiger partial charge in [-0.05, 0) is 49.9 Å². The van der Waals surface area contributed by atoms with E-state index in [0.717, 1.165) is 25.9 Å². The lowest BCUT2D eigenvalue weighted by molar-refractivity contribution is -0.117. The van der Waals surface area contributed by atoms with Gasteiger partial charge in [0.25, 0.3) is 0 Å². The molecule has 1 saturated heterocycles. The highest BCUT2D eigenvalue weighted by atomic mass is 32.2. The number of carbonyl (C=O) groups is 1. The van der Waals surface area contributed by atoms with E-state index in [2.05, 4.69) is 47.4 Å². The van der Waals surface area contributed by atoms with E-state index in [4.69, 9.17) is 0 Å². The summed E-state index contributed by atoms with van der Waals surface area (Å²) in [5.74, 6) is -0.0652. The Hall–Kier alpha value is -1.26. The van der Waals surface area contributed by atoms with Crippen LogP contribution in [0.4, 0.5) is 0 Å². The van der Waals surface area contributed by atoms with Crippen molar-refractivity contribution in [3.05, 3.63) is 42.5 Å². The summed E-state index contributed by atoms with van der Waals surface area (Å²) in [5.41, 5.74) is 1.29. The van der Waals surface area contributed by atoms with Crippen LogP contribution in [0.5, 0.6) is 0 Å². The lowest BCUT2D eigenvalue weighted by Crippen LogP contribution is -2.42. The van der Waals surface area contributed by atoms with Gasteiger partial charge in [0.1, 0.15) is 0 Å². The van der Waals surface area contributed by atoms with Crippen LogP contribution < -0.4 is 5.32 Å². The molecule has 0 saturated carbocycles. The maximum absolute atomic E-state index is 11.2. The molecule has 0 atom stereocenters. The number of hydrogen-bond acceptors (Lipinski definition) is 3. The van der Waals surface area contributed by atoms with Crippen LogP contribution in [0.2, 0.25) is 0 Å². The van der Waals surface area contributed by atoms with Crippen molar-refractivity contribution in [2.45, 2.75) is 30.7 Å². The van der Waals surface area contributed by atoms with E-state index in [-0.39, 0.29) is 5.91 Å². The average molecular weight is 276 g/mol. The first-order chi connectivity index (χ1) is 9.17. The Morgan fingerprint density at radius 2 is 2.00 bits per heavy atom. The second kappa shape index (κ2) is 6.78. The molecular formula is C15H20N2OS. The number of rotatable bonds is 4. The molecule has 0 radical (unpaired) electrons. The van der Waals surface area contributed by atoms with Crippen molar-refractivity contribution in [1.29, 1.82) is 0 Å². The molecule has 1 aliphatic rings. The first kappa shape index (κ1) is 14.2. The maximum atomic E-state index is 11.2. The molecule has 0 aliphatic carbocycles. The lowest BCUT2D eigenvalue weighted by Gasteiger charge is -2.31. The van der Waals surface area contributed by atoms with Gasteiger partial charge in [0.2, 0.25) is 5.91 Å². The van der Waals surface area contributed by atoms with Gasteiger partial charge >= 0.3 is 0 Å². The Morgan fingerprint density at radius 1 is 1.37 bits per heavy atom. The average Bonchev–Trinajstić information content (AvgIpc) is 2.43. The number of benzene rings is 1. The zero-order valence-corrected chi connectivity index (χ0v) is 12.1. The van der Waals surface area contributed by atoms with E-state index in [1.807, 2.05) is 0 Å². The summed E-state index contributed by atoms with van der Waals surface area (Å²) in [6.07, 6.45) is 3.34. The van der Waals surface area contributed by atoms with Crippen LogP contribution in [0, 0.1) is 6.92 Å². The number of hydrogen-bond donors (Lipinski definition) is 1. The van der Waals surface area contributed by atoms with Crippen molar-refractivity contribution in [2.24, 2.45) is 0 Å². The Morgan fingerprint density at radius 3 is 2.58 bits per heavy atom. The minimum Gasteiger partial charge on any atom is -0.350 e. The van der Waals surface area contributed by atoms with E-state index in [0.29, 0.717) is 6.04 Å². The van der Waals surface area contributed by atoms with Crippen molar-refractivity contribution in [2.75, 3.05) is 13.1 Å². The molecule has 1 aliphatic heterocycles. The SMILES string of the molecule is C=CC(=O)NC1CCN(Sc2ccc(C)cc2)CC1. The molecule has 1 amide bonds. The quantitative estimate of drug-likeness (QED) is 0.678. The van der Waals surface area contributed by atoms with Crippen LogP contribution in [0.25, 0.3) is 0 Å². The molecular weight excluding hydrogens is 256 g/mol. The number of amides is 1. The highest BCUT2D eigenvalue weighted by molar-refractivity contribution is 7.97. The molecule has 1 aromatic rings. The monoisotopic (exact) mass is 276 g/mol. The molecule has 0 spiro atoms. The zero-order chi connectivity index (χ0) is 13.7. The minimum absolute atomic E-state index is 0.0652. The number of piperidine rings is 1. The molecule has 0 unspecified atom stereocenters. The maximum Gasteiger partial charge on any atom is 0.243 e. The van der Waals surface area contributed by atoms with Gasteiger partial charge in [-0.2, -0.15) is 0 Å². The zero-order valence-electron chi connectivity index (χ0n) is 11.3. The first-order valence-corrected chi connectivity index (χ1v) is 7.37. The number of nitrogens with one attached hydrogen (secondary N) is 1.